The van der Waals surface area contributed by atoms with Crippen molar-refractivity contribution in [1.82, 2.24) is 10.3 Å². The minimum Gasteiger partial charge on any atom is -0.493 e. The van der Waals surface area contributed by atoms with E-state index in [1.165, 1.54) is 25.6 Å². The lowest BCUT2D eigenvalue weighted by molar-refractivity contribution is 0.0836. The van der Waals surface area contributed by atoms with Gasteiger partial charge in [-0.25, -0.2) is 4.98 Å². The number of para-hydroxylation sites is 1. The average Bonchev–Trinajstić information content (AvgIpc) is 3.39. The van der Waals surface area contributed by atoms with Crippen molar-refractivity contribution in [2.75, 3.05) is 27.4 Å². The fourth-order valence-electron chi connectivity index (χ4n) is 2.60. The van der Waals surface area contributed by atoms with Crippen LogP contribution >= 0.6 is 22.7 Å². The van der Waals surface area contributed by atoms with E-state index in [2.05, 4.69) is 10.3 Å². The van der Waals surface area contributed by atoms with Crippen molar-refractivity contribution in [2.24, 2.45) is 0 Å². The summed E-state index contributed by atoms with van der Waals surface area (Å²) in [4.78, 5) is 18.5. The van der Waals surface area contributed by atoms with Gasteiger partial charge in [0.05, 0.1) is 24.8 Å². The third-order valence-electron chi connectivity index (χ3n) is 4.04. The zero-order valence-corrected chi connectivity index (χ0v) is 17.9. The molecular weight excluding hydrogens is 412 g/mol. The Balaban J connectivity index is 1.56. The van der Waals surface area contributed by atoms with E-state index in [0.29, 0.717) is 27.8 Å². The lowest BCUT2D eigenvalue weighted by Gasteiger charge is -2.17. The molecular formula is C20H22N2O5S2. The van der Waals surface area contributed by atoms with Crippen LogP contribution in [0.25, 0.3) is 9.88 Å². The number of hydrogen-bond acceptors (Lipinski definition) is 8. The van der Waals surface area contributed by atoms with Crippen molar-refractivity contribution in [1.29, 1.82) is 0 Å². The van der Waals surface area contributed by atoms with Crippen LogP contribution in [0.5, 0.6) is 17.2 Å². The summed E-state index contributed by atoms with van der Waals surface area (Å²) >= 11 is 2.92. The van der Waals surface area contributed by atoms with Crippen LogP contribution in [-0.2, 0) is 0 Å². The molecule has 0 aliphatic heterocycles. The summed E-state index contributed by atoms with van der Waals surface area (Å²) < 4.78 is 16.2. The maximum atomic E-state index is 12.5. The van der Waals surface area contributed by atoms with Crippen LogP contribution in [0.3, 0.4) is 0 Å². The predicted octanol–water partition coefficient (Wildman–Crippen LogP) is 3.37. The number of nitrogens with one attached hydrogen (secondary N) is 1. The van der Waals surface area contributed by atoms with Crippen LogP contribution in [0.15, 0.2) is 35.7 Å². The molecule has 0 spiro atoms. The number of amides is 1. The molecule has 154 valence electrons. The highest BCUT2D eigenvalue weighted by Gasteiger charge is 2.18. The molecule has 2 heterocycles. The number of ether oxygens (including phenoxy) is 3. The third-order valence-corrected chi connectivity index (χ3v) is 6.23. The second-order valence-corrected chi connectivity index (χ2v) is 8.02. The Bertz CT molecular complexity index is 934. The molecule has 7 nitrogen and oxygen atoms in total. The Labute approximate surface area is 176 Å². The summed E-state index contributed by atoms with van der Waals surface area (Å²) in [6.45, 7) is 1.82. The number of aliphatic hydroxyl groups is 1. The van der Waals surface area contributed by atoms with Gasteiger partial charge < -0.3 is 24.6 Å². The monoisotopic (exact) mass is 434 g/mol. The fraction of sp³-hybridized carbons (Fsp3) is 0.300. The molecule has 0 aliphatic carbocycles. The highest BCUT2D eigenvalue weighted by molar-refractivity contribution is 7.22. The minimum absolute atomic E-state index is 0.0286. The first-order valence-electron chi connectivity index (χ1n) is 8.84. The molecule has 29 heavy (non-hydrogen) atoms. The molecule has 1 unspecified atom stereocenters. The number of nitrogens with zero attached hydrogens (tertiary/aromatic N) is 1. The van der Waals surface area contributed by atoms with Crippen LogP contribution in [0.1, 0.15) is 15.4 Å². The summed E-state index contributed by atoms with van der Waals surface area (Å²) in [5.41, 5.74) is 0.667. The van der Waals surface area contributed by atoms with Gasteiger partial charge in [-0.3, -0.25) is 4.79 Å². The number of thiophene rings is 1. The molecule has 2 aromatic heterocycles. The molecule has 1 atom stereocenters. The van der Waals surface area contributed by atoms with Crippen LogP contribution in [-0.4, -0.2) is 49.5 Å². The molecule has 0 saturated carbocycles. The second-order valence-electron chi connectivity index (χ2n) is 6.08. The summed E-state index contributed by atoms with van der Waals surface area (Å²) in [5, 5.41) is 15.7. The number of aromatic nitrogens is 1. The summed E-state index contributed by atoms with van der Waals surface area (Å²) in [5.74, 6) is 1.14. The van der Waals surface area contributed by atoms with Gasteiger partial charge in [0.2, 0.25) is 5.75 Å². The molecule has 0 fully saturated rings. The first kappa shape index (κ1) is 21.1. The molecule has 0 bridgehead atoms. The van der Waals surface area contributed by atoms with Gasteiger partial charge >= 0.3 is 0 Å². The van der Waals surface area contributed by atoms with E-state index in [0.717, 1.165) is 9.88 Å². The zero-order valence-electron chi connectivity index (χ0n) is 16.3. The SMILES string of the molecule is COc1cccc(OC)c1OCC(O)CNC(=O)c1sc(-c2cccs2)nc1C. The lowest BCUT2D eigenvalue weighted by Crippen LogP contribution is -2.35. The number of methoxy groups -OCH3 is 2. The third kappa shape index (κ3) is 5.06. The van der Waals surface area contributed by atoms with Crippen LogP contribution < -0.4 is 19.5 Å². The lowest BCUT2D eigenvalue weighted by atomic mass is 10.3. The molecule has 0 aliphatic rings. The van der Waals surface area contributed by atoms with Gasteiger partial charge in [0.15, 0.2) is 11.5 Å². The molecule has 0 radical (unpaired) electrons. The number of aryl methyl sites for hydroxylation is 1. The molecule has 3 aromatic rings. The van der Waals surface area contributed by atoms with Crippen LogP contribution in [0.2, 0.25) is 0 Å². The number of thiazole rings is 1. The quantitative estimate of drug-likeness (QED) is 0.537. The standard InChI is InChI=1S/C20H22N2O5S2/c1-12-18(29-20(22-12)16-8-5-9-28-16)19(24)21-10-13(23)11-27-17-14(25-2)6-4-7-15(17)26-3/h4-9,13,23H,10-11H2,1-3H3,(H,21,24). The van der Waals surface area contributed by atoms with Crippen molar-refractivity contribution in [3.05, 3.63) is 46.3 Å². The van der Waals surface area contributed by atoms with Gasteiger partial charge in [-0.1, -0.05) is 12.1 Å². The van der Waals surface area contributed by atoms with E-state index in [-0.39, 0.29) is 19.1 Å². The Hall–Kier alpha value is -2.62. The molecule has 1 amide bonds. The summed E-state index contributed by atoms with van der Waals surface area (Å²) in [6.07, 6.45) is -0.904. The van der Waals surface area contributed by atoms with Crippen molar-refractivity contribution >= 4 is 28.6 Å². The number of benzene rings is 1. The van der Waals surface area contributed by atoms with Crippen LogP contribution in [0, 0.1) is 6.92 Å². The maximum Gasteiger partial charge on any atom is 0.263 e. The number of rotatable bonds is 9. The van der Waals surface area contributed by atoms with E-state index < -0.39 is 6.10 Å². The van der Waals surface area contributed by atoms with E-state index >= 15 is 0 Å². The Kier molecular flexibility index (Phi) is 7.08. The molecule has 1 aromatic carbocycles. The predicted molar refractivity (Wildman–Crippen MR) is 114 cm³/mol. The highest BCUT2D eigenvalue weighted by Crippen LogP contribution is 2.36. The first-order valence-corrected chi connectivity index (χ1v) is 10.5. The normalized spacial score (nSPS) is 11.7. The maximum absolute atomic E-state index is 12.5. The van der Waals surface area contributed by atoms with E-state index in [9.17, 15) is 9.90 Å². The molecule has 3 rings (SSSR count). The smallest absolute Gasteiger partial charge is 0.263 e. The van der Waals surface area contributed by atoms with Crippen molar-refractivity contribution in [3.8, 4) is 27.1 Å². The average molecular weight is 435 g/mol. The Morgan fingerprint density at radius 1 is 1.21 bits per heavy atom. The van der Waals surface area contributed by atoms with Crippen molar-refractivity contribution < 1.29 is 24.1 Å². The number of hydrogen-bond donors (Lipinski definition) is 2. The van der Waals surface area contributed by atoms with Crippen LogP contribution in [0.4, 0.5) is 0 Å². The van der Waals surface area contributed by atoms with Crippen molar-refractivity contribution in [2.45, 2.75) is 13.0 Å². The molecule has 2 N–H and O–H groups in total. The van der Waals surface area contributed by atoms with Gasteiger partial charge in [0.1, 0.15) is 22.6 Å². The number of carbonyl (C=O) groups excluding carboxylic acids is 1. The zero-order chi connectivity index (χ0) is 20.8. The summed E-state index contributed by atoms with van der Waals surface area (Å²) in [6, 6.07) is 9.18. The van der Waals surface area contributed by atoms with Gasteiger partial charge in [-0.05, 0) is 30.5 Å². The van der Waals surface area contributed by atoms with E-state index in [1.807, 2.05) is 17.5 Å². The Morgan fingerprint density at radius 3 is 2.55 bits per heavy atom. The van der Waals surface area contributed by atoms with Gasteiger partial charge in [-0.15, -0.1) is 22.7 Å². The number of carbonyl (C=O) groups is 1. The van der Waals surface area contributed by atoms with E-state index in [1.54, 1.807) is 36.5 Å². The first-order chi connectivity index (χ1) is 14.0. The number of aliphatic hydroxyl groups excluding tert-OH is 1. The van der Waals surface area contributed by atoms with Crippen molar-refractivity contribution in [3.63, 3.8) is 0 Å². The molecule has 0 saturated heterocycles. The van der Waals surface area contributed by atoms with Gasteiger partial charge in [0.25, 0.3) is 5.91 Å². The van der Waals surface area contributed by atoms with Gasteiger partial charge in [-0.2, -0.15) is 0 Å². The highest BCUT2D eigenvalue weighted by atomic mass is 32.1. The molecule has 9 heteroatoms. The minimum atomic E-state index is -0.904. The van der Waals surface area contributed by atoms with E-state index in [4.69, 9.17) is 14.2 Å². The Morgan fingerprint density at radius 2 is 1.93 bits per heavy atom. The largest absolute Gasteiger partial charge is 0.493 e. The summed E-state index contributed by atoms with van der Waals surface area (Å²) in [7, 11) is 3.06. The fourth-order valence-corrected chi connectivity index (χ4v) is 4.38. The second kappa shape index (κ2) is 9.73. The topological polar surface area (TPSA) is 89.9 Å². The van der Waals surface area contributed by atoms with Gasteiger partial charge in [0, 0.05) is 6.54 Å².